The average Bonchev–Trinajstić information content (AvgIpc) is 2.72. The van der Waals surface area contributed by atoms with Crippen LogP contribution in [0.4, 0.5) is 0 Å². The summed E-state index contributed by atoms with van der Waals surface area (Å²) in [4.78, 5) is 5.78. The summed E-state index contributed by atoms with van der Waals surface area (Å²) in [6.07, 6.45) is 5.63. The molecule has 86 valence electrons. The third-order valence-electron chi connectivity index (χ3n) is 2.81. The van der Waals surface area contributed by atoms with E-state index in [1.54, 1.807) is 0 Å². The minimum atomic E-state index is 0.815. The van der Waals surface area contributed by atoms with E-state index in [1.165, 1.54) is 22.7 Å². The monoisotopic (exact) mass is 226 g/mol. The van der Waals surface area contributed by atoms with E-state index in [4.69, 9.17) is 0 Å². The first kappa shape index (κ1) is 12.7. The Morgan fingerprint density at radius 2 is 2.07 bits per heavy atom. The van der Waals surface area contributed by atoms with Gasteiger partial charge in [-0.1, -0.05) is 33.6 Å². The molecular weight excluding hydrogens is 204 g/mol. The Morgan fingerprint density at radius 3 is 2.60 bits per heavy atom. The van der Waals surface area contributed by atoms with Crippen LogP contribution < -0.4 is 5.32 Å². The fourth-order valence-electron chi connectivity index (χ4n) is 1.55. The lowest BCUT2D eigenvalue weighted by atomic mass is 10.0. The van der Waals surface area contributed by atoms with Crippen LogP contribution in [0.25, 0.3) is 0 Å². The first-order valence-corrected chi connectivity index (χ1v) is 6.76. The van der Waals surface area contributed by atoms with Gasteiger partial charge in [-0.25, -0.2) is 4.98 Å². The van der Waals surface area contributed by atoms with Gasteiger partial charge in [0.2, 0.25) is 0 Å². The van der Waals surface area contributed by atoms with Crippen molar-refractivity contribution in [2.75, 3.05) is 6.54 Å². The lowest BCUT2D eigenvalue weighted by Gasteiger charge is -2.11. The van der Waals surface area contributed by atoms with Gasteiger partial charge in [0.15, 0.2) is 0 Å². The van der Waals surface area contributed by atoms with Crippen molar-refractivity contribution < 1.29 is 0 Å². The van der Waals surface area contributed by atoms with E-state index in [9.17, 15) is 0 Å². The molecule has 3 heteroatoms. The van der Waals surface area contributed by atoms with Crippen molar-refractivity contribution in [3.8, 4) is 0 Å². The summed E-state index contributed by atoms with van der Waals surface area (Å²) in [6.45, 7) is 8.74. The van der Waals surface area contributed by atoms with Crippen molar-refractivity contribution in [1.82, 2.24) is 10.3 Å². The smallest absolute Gasteiger partial charge is 0.107 e. The molecule has 0 saturated heterocycles. The van der Waals surface area contributed by atoms with Crippen LogP contribution in [-0.4, -0.2) is 11.5 Å². The molecule has 0 aliphatic heterocycles. The number of hydrogen-bond donors (Lipinski definition) is 1. The summed E-state index contributed by atoms with van der Waals surface area (Å²) < 4.78 is 0. The number of nitrogens with zero attached hydrogens (tertiary/aromatic N) is 1. The van der Waals surface area contributed by atoms with Gasteiger partial charge in [-0.2, -0.15) is 0 Å². The molecule has 1 aromatic rings. The zero-order chi connectivity index (χ0) is 11.1. The van der Waals surface area contributed by atoms with Crippen molar-refractivity contribution in [3.63, 3.8) is 0 Å². The number of rotatable bonds is 7. The first-order valence-electron chi connectivity index (χ1n) is 5.94. The summed E-state index contributed by atoms with van der Waals surface area (Å²) in [7, 11) is 0. The molecule has 0 saturated carbocycles. The van der Waals surface area contributed by atoms with E-state index in [-0.39, 0.29) is 0 Å². The molecule has 0 aliphatic carbocycles. The Bertz CT molecular complexity index is 266. The van der Waals surface area contributed by atoms with Crippen molar-refractivity contribution in [2.24, 2.45) is 5.92 Å². The predicted octanol–water partition coefficient (Wildman–Crippen LogP) is 3.23. The highest BCUT2D eigenvalue weighted by atomic mass is 32.1. The summed E-state index contributed by atoms with van der Waals surface area (Å²) >= 11 is 1.83. The normalized spacial score (nSPS) is 11.2. The Kier molecular flexibility index (Phi) is 5.88. The van der Waals surface area contributed by atoms with Gasteiger partial charge in [0, 0.05) is 17.6 Å². The molecule has 1 N–H and O–H groups in total. The fourth-order valence-corrected chi connectivity index (χ4v) is 2.39. The van der Waals surface area contributed by atoms with Gasteiger partial charge >= 0.3 is 0 Å². The zero-order valence-corrected chi connectivity index (χ0v) is 10.9. The van der Waals surface area contributed by atoms with Crippen LogP contribution in [0.2, 0.25) is 0 Å². The molecule has 2 nitrogen and oxygen atoms in total. The molecule has 0 aromatic carbocycles. The largest absolute Gasteiger partial charge is 0.310 e. The molecule has 0 unspecified atom stereocenters. The number of nitrogens with one attached hydrogen (secondary N) is 1. The predicted molar refractivity (Wildman–Crippen MR) is 67.3 cm³/mol. The molecule has 0 fully saturated rings. The number of aromatic nitrogens is 1. The molecule has 0 spiro atoms. The molecule has 0 amide bonds. The van der Waals surface area contributed by atoms with Gasteiger partial charge in [0.05, 0.1) is 0 Å². The highest BCUT2D eigenvalue weighted by molar-refractivity contribution is 7.11. The number of thiazole rings is 1. The summed E-state index contributed by atoms with van der Waals surface area (Å²) in [5.41, 5.74) is 0. The maximum atomic E-state index is 4.39. The third kappa shape index (κ3) is 4.31. The second-order valence-electron chi connectivity index (χ2n) is 3.89. The van der Waals surface area contributed by atoms with Crippen molar-refractivity contribution >= 4 is 11.3 Å². The number of hydrogen-bond acceptors (Lipinski definition) is 3. The van der Waals surface area contributed by atoms with Gasteiger partial charge in [-0.05, 0) is 18.9 Å². The summed E-state index contributed by atoms with van der Waals surface area (Å²) in [6, 6.07) is 0. The van der Waals surface area contributed by atoms with Crippen LogP contribution in [0.1, 0.15) is 43.5 Å². The van der Waals surface area contributed by atoms with Gasteiger partial charge in [0.25, 0.3) is 0 Å². The molecule has 1 rings (SSSR count). The van der Waals surface area contributed by atoms with Gasteiger partial charge in [-0.3, -0.25) is 0 Å². The maximum absolute atomic E-state index is 4.39. The van der Waals surface area contributed by atoms with Crippen LogP contribution in [-0.2, 0) is 13.0 Å². The molecule has 1 aromatic heterocycles. The molecule has 0 atom stereocenters. The second-order valence-corrected chi connectivity index (χ2v) is 5.09. The van der Waals surface area contributed by atoms with E-state index >= 15 is 0 Å². The van der Waals surface area contributed by atoms with E-state index in [1.807, 2.05) is 17.5 Å². The van der Waals surface area contributed by atoms with Gasteiger partial charge in [-0.15, -0.1) is 11.3 Å². The standard InChI is InChI=1S/C12H22N2S/c1-4-10(5-2)7-13-9-12-14-8-11(6-3)15-12/h8,10,13H,4-7,9H2,1-3H3. The molecule has 1 heterocycles. The molecule has 0 bridgehead atoms. The highest BCUT2D eigenvalue weighted by Gasteiger charge is 2.04. The minimum Gasteiger partial charge on any atom is -0.310 e. The van der Waals surface area contributed by atoms with E-state index in [2.05, 4.69) is 31.1 Å². The Morgan fingerprint density at radius 1 is 1.33 bits per heavy atom. The van der Waals surface area contributed by atoms with E-state index < -0.39 is 0 Å². The Hall–Kier alpha value is -0.410. The van der Waals surface area contributed by atoms with Gasteiger partial charge < -0.3 is 5.32 Å². The first-order chi connectivity index (χ1) is 7.30. The van der Waals surface area contributed by atoms with Crippen LogP contribution in [0, 0.1) is 5.92 Å². The van der Waals surface area contributed by atoms with Crippen molar-refractivity contribution in [1.29, 1.82) is 0 Å². The lowest BCUT2D eigenvalue weighted by molar-refractivity contribution is 0.449. The third-order valence-corrected chi connectivity index (χ3v) is 3.96. The SMILES string of the molecule is CCc1cnc(CNCC(CC)CC)s1. The minimum absolute atomic E-state index is 0.815. The maximum Gasteiger partial charge on any atom is 0.107 e. The highest BCUT2D eigenvalue weighted by Crippen LogP contribution is 2.13. The average molecular weight is 226 g/mol. The molecular formula is C12H22N2S. The zero-order valence-electron chi connectivity index (χ0n) is 10.0. The quantitative estimate of drug-likeness (QED) is 0.772. The Labute approximate surface area is 97.1 Å². The number of aryl methyl sites for hydroxylation is 1. The molecule has 0 radical (unpaired) electrons. The van der Waals surface area contributed by atoms with Gasteiger partial charge in [0.1, 0.15) is 5.01 Å². The van der Waals surface area contributed by atoms with E-state index in [0.29, 0.717) is 0 Å². The lowest BCUT2D eigenvalue weighted by Crippen LogP contribution is -2.21. The molecule has 0 aliphatic rings. The van der Waals surface area contributed by atoms with Crippen LogP contribution >= 0.6 is 11.3 Å². The summed E-state index contributed by atoms with van der Waals surface area (Å²) in [5, 5.41) is 4.71. The van der Waals surface area contributed by atoms with Crippen LogP contribution in [0.15, 0.2) is 6.20 Å². The molecule has 15 heavy (non-hydrogen) atoms. The fraction of sp³-hybridized carbons (Fsp3) is 0.750. The Balaban J connectivity index is 2.25. The van der Waals surface area contributed by atoms with Crippen LogP contribution in [0.3, 0.4) is 0 Å². The van der Waals surface area contributed by atoms with Crippen molar-refractivity contribution in [3.05, 3.63) is 16.1 Å². The van der Waals surface area contributed by atoms with Crippen molar-refractivity contribution in [2.45, 2.75) is 46.6 Å². The topological polar surface area (TPSA) is 24.9 Å². The second kappa shape index (κ2) is 6.96. The van der Waals surface area contributed by atoms with E-state index in [0.717, 1.165) is 25.4 Å². The van der Waals surface area contributed by atoms with Crippen LogP contribution in [0.5, 0.6) is 0 Å². The summed E-state index contributed by atoms with van der Waals surface area (Å²) in [5.74, 6) is 0.815.